The molecule has 7 nitrogen and oxygen atoms in total. The van der Waals surface area contributed by atoms with Gasteiger partial charge in [0.25, 0.3) is 0 Å². The van der Waals surface area contributed by atoms with E-state index in [0.717, 1.165) is 91.4 Å². The number of nitrogens with zero attached hydrogens (tertiary/aromatic N) is 3. The maximum atomic E-state index is 4.63. The lowest BCUT2D eigenvalue weighted by Gasteiger charge is -2.21. The lowest BCUT2D eigenvalue weighted by atomic mass is 9.88. The van der Waals surface area contributed by atoms with Gasteiger partial charge in [-0.3, -0.25) is 15.0 Å². The molecule has 0 spiro atoms. The number of benzene rings is 4. The fraction of sp³-hybridized carbons (Fsp3) is 0.0392. The van der Waals surface area contributed by atoms with Gasteiger partial charge < -0.3 is 20.6 Å². The van der Waals surface area contributed by atoms with Crippen LogP contribution in [-0.2, 0) is 0 Å². The van der Waals surface area contributed by atoms with Gasteiger partial charge in [-0.05, 0) is 140 Å². The standard InChI is InChI=1S/C51H32Br3N7/c52-33-18-30(21-55-24-33)48-38-10-12-40(58-38)49(31-19-34(53)25-56-22-31)42-14-16-44(60-42)51(37-9-7-29-5-4-27-2-1-3-28-6-8-36(37)47(29)46(27)28)45-17-15-43(61-45)50(41-13-11-39(48)59-41)32-20-35(54)26-57-23-32/h1-26,38,43,58-61H/b48-39-,49-40-,50-41-,51-45-. The van der Waals surface area contributed by atoms with Crippen molar-refractivity contribution in [2.75, 3.05) is 0 Å². The first-order valence-electron chi connectivity index (χ1n) is 19.9. The van der Waals surface area contributed by atoms with Gasteiger partial charge in [-0.2, -0.15) is 0 Å². The minimum atomic E-state index is -0.190. The van der Waals surface area contributed by atoms with Gasteiger partial charge in [-0.25, -0.2) is 0 Å². The molecular formula is C51H32Br3N7. The fourth-order valence-electron chi connectivity index (χ4n) is 9.47. The van der Waals surface area contributed by atoms with Gasteiger partial charge in [-0.1, -0.05) is 66.7 Å². The smallest absolute Gasteiger partial charge is 0.0728 e. The van der Waals surface area contributed by atoms with Gasteiger partial charge in [0.1, 0.15) is 0 Å². The first-order chi connectivity index (χ1) is 29.9. The Labute approximate surface area is 375 Å². The number of H-pyrrole nitrogens is 2. The van der Waals surface area contributed by atoms with Crippen LogP contribution >= 0.6 is 47.8 Å². The van der Waals surface area contributed by atoms with Gasteiger partial charge in [0.2, 0.25) is 0 Å². The molecule has 0 saturated heterocycles. The number of aromatic amines is 2. The van der Waals surface area contributed by atoms with Crippen LogP contribution in [0.4, 0.5) is 0 Å². The molecule has 292 valence electrons. The van der Waals surface area contributed by atoms with E-state index in [2.05, 4.69) is 205 Å². The topological polar surface area (TPSA) is 94.3 Å². The van der Waals surface area contributed by atoms with Crippen LogP contribution in [0.1, 0.15) is 33.6 Å². The largest absolute Gasteiger partial charge is 0.374 e. The molecule has 4 aromatic carbocycles. The number of hydrogen-bond donors (Lipinski definition) is 4. The lowest BCUT2D eigenvalue weighted by molar-refractivity contribution is 0.848. The first-order valence-corrected chi connectivity index (χ1v) is 22.3. The van der Waals surface area contributed by atoms with E-state index in [1.165, 1.54) is 32.3 Å². The van der Waals surface area contributed by atoms with Crippen molar-refractivity contribution in [2.24, 2.45) is 0 Å². The highest BCUT2D eigenvalue weighted by Gasteiger charge is 2.28. The molecule has 0 aliphatic carbocycles. The summed E-state index contributed by atoms with van der Waals surface area (Å²) in [6, 6.07) is 34.9. The molecule has 10 heteroatoms. The second kappa shape index (κ2) is 14.4. The normalized spacial score (nSPS) is 21.5. The maximum Gasteiger partial charge on any atom is 0.0728 e. The predicted molar refractivity (Wildman–Crippen MR) is 256 cm³/mol. The van der Waals surface area contributed by atoms with Crippen molar-refractivity contribution >= 4 is 102 Å². The average Bonchev–Trinajstić information content (AvgIpc) is 4.12. The zero-order chi connectivity index (χ0) is 40.8. The van der Waals surface area contributed by atoms with Crippen molar-refractivity contribution in [1.29, 1.82) is 0 Å². The molecule has 61 heavy (non-hydrogen) atoms. The highest BCUT2D eigenvalue weighted by atomic mass is 79.9. The van der Waals surface area contributed by atoms with Crippen molar-refractivity contribution in [2.45, 2.75) is 12.1 Å². The van der Waals surface area contributed by atoms with E-state index in [4.69, 9.17) is 0 Å². The Hall–Kier alpha value is -6.33. The van der Waals surface area contributed by atoms with Gasteiger partial charge >= 0.3 is 0 Å². The Morgan fingerprint density at radius 2 is 0.967 bits per heavy atom. The summed E-state index contributed by atoms with van der Waals surface area (Å²) in [5.74, 6) is 0. The quantitative estimate of drug-likeness (QED) is 0.132. The Bertz CT molecular complexity index is 3540. The third-order valence-corrected chi connectivity index (χ3v) is 13.3. The van der Waals surface area contributed by atoms with Crippen molar-refractivity contribution in [3.63, 3.8) is 0 Å². The SMILES string of the molecule is Brc1cncc(/C2=C3\C=CC(N3)/C(c3cncc(Br)c3)=c3/cc/c([nH]3)=C(\c3cncc(Br)c3)C3C=C/C(=C(\c4ccc5ccc6cccc7ccc4c5c67)c4ccc2[nH]4)N3)c1. The molecule has 5 aromatic heterocycles. The molecule has 8 bridgehead atoms. The number of rotatable bonds is 4. The minimum Gasteiger partial charge on any atom is -0.374 e. The molecule has 8 heterocycles. The van der Waals surface area contributed by atoms with E-state index >= 15 is 0 Å². The Morgan fingerprint density at radius 1 is 0.459 bits per heavy atom. The van der Waals surface area contributed by atoms with Crippen LogP contribution < -0.4 is 21.3 Å². The molecule has 0 saturated carbocycles. The predicted octanol–water partition coefficient (Wildman–Crippen LogP) is 10.4. The summed E-state index contributed by atoms with van der Waals surface area (Å²) in [5, 5.41) is 17.4. The Balaban J connectivity index is 1.17. The molecule has 9 aromatic rings. The summed E-state index contributed by atoms with van der Waals surface area (Å²) < 4.78 is 2.71. The van der Waals surface area contributed by atoms with Crippen molar-refractivity contribution < 1.29 is 0 Å². The fourth-order valence-corrected chi connectivity index (χ4v) is 10.6. The highest BCUT2D eigenvalue weighted by Crippen LogP contribution is 2.42. The van der Waals surface area contributed by atoms with Crippen molar-refractivity contribution in [3.8, 4) is 0 Å². The molecular weight excluding hydrogens is 950 g/mol. The molecule has 0 fully saturated rings. The Kier molecular flexibility index (Phi) is 8.62. The van der Waals surface area contributed by atoms with Gasteiger partial charge in [0.05, 0.1) is 12.1 Å². The van der Waals surface area contributed by atoms with Crippen LogP contribution in [-0.4, -0.2) is 37.0 Å². The van der Waals surface area contributed by atoms with Crippen molar-refractivity contribution in [1.82, 2.24) is 35.6 Å². The second-order valence-corrected chi connectivity index (χ2v) is 18.3. The molecule has 4 N–H and O–H groups in total. The molecule has 2 unspecified atom stereocenters. The van der Waals surface area contributed by atoms with Gasteiger partial charge in [-0.15, -0.1) is 0 Å². The van der Waals surface area contributed by atoms with Crippen LogP contribution in [0.25, 0.3) is 54.6 Å². The number of hydrogen-bond acceptors (Lipinski definition) is 5. The van der Waals surface area contributed by atoms with Crippen LogP contribution in [0.5, 0.6) is 0 Å². The van der Waals surface area contributed by atoms with E-state index < -0.39 is 0 Å². The maximum absolute atomic E-state index is 4.63. The molecule has 0 amide bonds. The van der Waals surface area contributed by atoms with Gasteiger partial charge in [0, 0.05) is 123 Å². The average molecular weight is 983 g/mol. The number of fused-ring (bicyclic) bond motifs is 8. The Morgan fingerprint density at radius 3 is 1.57 bits per heavy atom. The molecule has 3 aliphatic heterocycles. The van der Waals surface area contributed by atoms with E-state index in [-0.39, 0.29) is 12.1 Å². The van der Waals surface area contributed by atoms with Crippen LogP contribution in [0.15, 0.2) is 183 Å². The highest BCUT2D eigenvalue weighted by molar-refractivity contribution is 9.11. The van der Waals surface area contributed by atoms with E-state index in [1.54, 1.807) is 0 Å². The van der Waals surface area contributed by atoms with E-state index in [1.807, 2.05) is 37.2 Å². The number of aromatic nitrogens is 5. The number of pyridine rings is 3. The number of halogens is 3. The zero-order valence-electron chi connectivity index (χ0n) is 32.1. The molecule has 2 atom stereocenters. The summed E-state index contributed by atoms with van der Waals surface area (Å²) in [6.45, 7) is 0. The van der Waals surface area contributed by atoms with Crippen molar-refractivity contribution in [3.05, 3.63) is 228 Å². The molecule has 3 aliphatic rings. The zero-order valence-corrected chi connectivity index (χ0v) is 36.9. The van der Waals surface area contributed by atoms with Crippen LogP contribution in [0.2, 0.25) is 0 Å². The van der Waals surface area contributed by atoms with E-state index in [9.17, 15) is 0 Å². The summed E-state index contributed by atoms with van der Waals surface area (Å²) >= 11 is 11.1. The monoisotopic (exact) mass is 979 g/mol. The summed E-state index contributed by atoms with van der Waals surface area (Å²) in [5.41, 5.74) is 12.3. The minimum absolute atomic E-state index is 0.185. The third-order valence-electron chi connectivity index (χ3n) is 12.0. The summed E-state index contributed by atoms with van der Waals surface area (Å²) in [6.07, 6.45) is 20.2. The summed E-state index contributed by atoms with van der Waals surface area (Å²) in [7, 11) is 0. The second-order valence-electron chi connectivity index (χ2n) is 15.6. The van der Waals surface area contributed by atoms with Crippen LogP contribution in [0.3, 0.4) is 0 Å². The van der Waals surface area contributed by atoms with Gasteiger partial charge in [0.15, 0.2) is 0 Å². The number of nitrogens with one attached hydrogen (secondary N) is 4. The molecule has 12 rings (SSSR count). The first kappa shape index (κ1) is 36.5. The lowest BCUT2D eigenvalue weighted by Crippen LogP contribution is -2.32. The number of allylic oxidation sites excluding steroid dienone is 2. The van der Waals surface area contributed by atoms with E-state index in [0.29, 0.717) is 0 Å². The molecule has 0 radical (unpaired) electrons. The van der Waals surface area contributed by atoms with Crippen LogP contribution in [0, 0.1) is 0 Å². The summed E-state index contributed by atoms with van der Waals surface area (Å²) in [4.78, 5) is 21.7. The third kappa shape index (κ3) is 6.15.